The number of carbonyl (C=O) groups is 1. The Bertz CT molecular complexity index is 379. The minimum absolute atomic E-state index is 0.284. The van der Waals surface area contributed by atoms with Crippen molar-refractivity contribution in [3.63, 3.8) is 0 Å². The number of hydrogen-bond donors (Lipinski definition) is 1. The van der Waals surface area contributed by atoms with Crippen molar-refractivity contribution in [3.05, 3.63) is 28.5 Å². The first kappa shape index (κ1) is 15.1. The summed E-state index contributed by atoms with van der Waals surface area (Å²) in [5.74, 6) is 0.172. The van der Waals surface area contributed by atoms with E-state index < -0.39 is 6.04 Å². The second kappa shape index (κ2) is 7.48. The summed E-state index contributed by atoms with van der Waals surface area (Å²) in [6.07, 6.45) is 1.68. The molecular formula is C13H19BrN2O2. The van der Waals surface area contributed by atoms with Gasteiger partial charge in [-0.05, 0) is 47.4 Å². The van der Waals surface area contributed by atoms with Crippen LogP contribution in [0.3, 0.4) is 0 Å². The molecule has 1 rings (SSSR count). The van der Waals surface area contributed by atoms with E-state index in [1.807, 2.05) is 12.1 Å². The number of carbonyl (C=O) groups excluding carboxylic acids is 1. The maximum absolute atomic E-state index is 11.9. The topological polar surface area (TPSA) is 51.2 Å². The zero-order valence-corrected chi connectivity index (χ0v) is 12.5. The lowest BCUT2D eigenvalue weighted by molar-refractivity contribution is -0.146. The molecule has 0 fully saturated rings. The second-order valence-corrected chi connectivity index (χ2v) is 5.30. The van der Waals surface area contributed by atoms with Crippen molar-refractivity contribution in [2.24, 2.45) is 5.92 Å². The molecule has 1 N–H and O–H groups in total. The summed E-state index contributed by atoms with van der Waals surface area (Å²) in [6, 6.07) is 3.19. The zero-order chi connectivity index (χ0) is 13.5. The quantitative estimate of drug-likeness (QED) is 0.820. The highest BCUT2D eigenvalue weighted by atomic mass is 79.9. The Morgan fingerprint density at radius 1 is 1.50 bits per heavy atom. The number of rotatable bonds is 6. The van der Waals surface area contributed by atoms with Crippen molar-refractivity contribution >= 4 is 21.9 Å². The summed E-state index contributed by atoms with van der Waals surface area (Å²) in [5, 5.41) is 3.19. The molecule has 0 aromatic carbocycles. The van der Waals surface area contributed by atoms with Crippen LogP contribution >= 0.6 is 15.9 Å². The van der Waals surface area contributed by atoms with Gasteiger partial charge in [0.1, 0.15) is 6.04 Å². The Labute approximate surface area is 116 Å². The third kappa shape index (κ3) is 4.74. The Hall–Kier alpha value is -0.940. The van der Waals surface area contributed by atoms with Crippen molar-refractivity contribution in [2.75, 3.05) is 13.2 Å². The predicted molar refractivity (Wildman–Crippen MR) is 74.2 cm³/mol. The predicted octanol–water partition coefficient (Wildman–Crippen LogP) is 2.69. The van der Waals surface area contributed by atoms with Crippen molar-refractivity contribution in [1.82, 2.24) is 10.3 Å². The number of nitrogens with one attached hydrogen (secondary N) is 1. The molecule has 1 aromatic rings. The van der Waals surface area contributed by atoms with Gasteiger partial charge in [-0.3, -0.25) is 10.3 Å². The minimum atomic E-state index is -0.500. The Morgan fingerprint density at radius 3 is 2.72 bits per heavy atom. The van der Waals surface area contributed by atoms with Crippen LogP contribution in [0.15, 0.2) is 22.8 Å². The molecule has 0 radical (unpaired) electrons. The van der Waals surface area contributed by atoms with Gasteiger partial charge in [0, 0.05) is 10.7 Å². The van der Waals surface area contributed by atoms with Crippen LogP contribution < -0.4 is 5.32 Å². The van der Waals surface area contributed by atoms with E-state index in [9.17, 15) is 4.79 Å². The van der Waals surface area contributed by atoms with Crippen molar-refractivity contribution in [2.45, 2.75) is 26.8 Å². The molecule has 18 heavy (non-hydrogen) atoms. The van der Waals surface area contributed by atoms with E-state index in [0.29, 0.717) is 18.2 Å². The fraction of sp³-hybridized carbons (Fsp3) is 0.538. The van der Waals surface area contributed by atoms with Gasteiger partial charge in [0.25, 0.3) is 0 Å². The van der Waals surface area contributed by atoms with Gasteiger partial charge in [0.2, 0.25) is 0 Å². The lowest BCUT2D eigenvalue weighted by Crippen LogP contribution is -2.33. The van der Waals surface area contributed by atoms with Crippen LogP contribution in [0.4, 0.5) is 0 Å². The van der Waals surface area contributed by atoms with Crippen molar-refractivity contribution in [1.29, 1.82) is 0 Å². The van der Waals surface area contributed by atoms with E-state index in [2.05, 4.69) is 40.1 Å². The number of nitrogens with zero attached hydrogens (tertiary/aromatic N) is 1. The highest BCUT2D eigenvalue weighted by Gasteiger charge is 2.22. The molecule has 0 saturated carbocycles. The van der Waals surface area contributed by atoms with Gasteiger partial charge in [-0.25, -0.2) is 4.79 Å². The molecule has 1 heterocycles. The van der Waals surface area contributed by atoms with E-state index >= 15 is 0 Å². The van der Waals surface area contributed by atoms with Gasteiger partial charge >= 0.3 is 5.97 Å². The Morgan fingerprint density at radius 2 is 2.22 bits per heavy atom. The van der Waals surface area contributed by atoms with Crippen molar-refractivity contribution < 1.29 is 9.53 Å². The third-order valence-electron chi connectivity index (χ3n) is 2.30. The van der Waals surface area contributed by atoms with Crippen LogP contribution in [0.2, 0.25) is 0 Å². The average molecular weight is 315 g/mol. The van der Waals surface area contributed by atoms with Gasteiger partial charge in [-0.1, -0.05) is 13.8 Å². The Kier molecular flexibility index (Phi) is 6.29. The summed E-state index contributed by atoms with van der Waals surface area (Å²) < 4.78 is 5.95. The first-order chi connectivity index (χ1) is 8.54. The molecule has 0 spiro atoms. The molecule has 100 valence electrons. The first-order valence-corrected chi connectivity index (χ1v) is 6.85. The van der Waals surface area contributed by atoms with Gasteiger partial charge < -0.3 is 4.74 Å². The van der Waals surface area contributed by atoms with Crippen LogP contribution in [0, 0.1) is 5.92 Å². The fourth-order valence-electron chi connectivity index (χ4n) is 1.45. The summed E-state index contributed by atoms with van der Waals surface area (Å²) >= 11 is 3.33. The number of halogens is 1. The summed E-state index contributed by atoms with van der Waals surface area (Å²) in [7, 11) is 0. The molecule has 1 atom stereocenters. The maximum Gasteiger partial charge on any atom is 0.329 e. The molecule has 5 heteroatoms. The monoisotopic (exact) mass is 314 g/mol. The summed E-state index contributed by atoms with van der Waals surface area (Å²) in [4.78, 5) is 16.2. The van der Waals surface area contributed by atoms with E-state index in [0.717, 1.165) is 11.0 Å². The van der Waals surface area contributed by atoms with Crippen LogP contribution in [0.1, 0.15) is 32.5 Å². The van der Waals surface area contributed by atoms with Gasteiger partial charge in [0.05, 0.1) is 12.3 Å². The second-order valence-electron chi connectivity index (χ2n) is 4.39. The normalized spacial score (nSPS) is 12.5. The third-order valence-corrected chi connectivity index (χ3v) is 2.77. The number of hydrogen-bond acceptors (Lipinski definition) is 4. The van der Waals surface area contributed by atoms with Crippen LogP contribution in [0.5, 0.6) is 0 Å². The highest BCUT2D eigenvalue weighted by Crippen LogP contribution is 2.15. The largest absolute Gasteiger partial charge is 0.465 e. The molecular weight excluding hydrogens is 296 g/mol. The molecule has 0 aliphatic carbocycles. The van der Waals surface area contributed by atoms with Gasteiger partial charge in [-0.15, -0.1) is 0 Å². The van der Waals surface area contributed by atoms with Gasteiger partial charge in [-0.2, -0.15) is 0 Å². The van der Waals surface area contributed by atoms with E-state index in [-0.39, 0.29) is 5.97 Å². The van der Waals surface area contributed by atoms with Crippen LogP contribution in [0.25, 0.3) is 0 Å². The maximum atomic E-state index is 11.9. The van der Waals surface area contributed by atoms with E-state index in [1.54, 1.807) is 13.1 Å². The highest BCUT2D eigenvalue weighted by molar-refractivity contribution is 9.10. The van der Waals surface area contributed by atoms with Crippen molar-refractivity contribution in [3.8, 4) is 0 Å². The Balaban J connectivity index is 2.82. The van der Waals surface area contributed by atoms with Crippen LogP contribution in [-0.2, 0) is 9.53 Å². The summed E-state index contributed by atoms with van der Waals surface area (Å²) in [6.45, 7) is 7.08. The molecule has 1 unspecified atom stereocenters. The first-order valence-electron chi connectivity index (χ1n) is 6.06. The SMILES string of the molecule is CCOC(=O)C(NCC(C)C)c1ccc(Br)cn1. The van der Waals surface area contributed by atoms with E-state index in [1.165, 1.54) is 0 Å². The molecule has 4 nitrogen and oxygen atoms in total. The molecule has 1 aromatic heterocycles. The molecule has 0 aliphatic heterocycles. The van der Waals surface area contributed by atoms with Crippen LogP contribution in [-0.4, -0.2) is 24.1 Å². The number of pyridine rings is 1. The summed E-state index contributed by atoms with van der Waals surface area (Å²) in [5.41, 5.74) is 0.678. The lowest BCUT2D eigenvalue weighted by Gasteiger charge is -2.18. The minimum Gasteiger partial charge on any atom is -0.465 e. The average Bonchev–Trinajstić information content (AvgIpc) is 2.31. The number of aromatic nitrogens is 1. The van der Waals surface area contributed by atoms with Gasteiger partial charge in [0.15, 0.2) is 0 Å². The fourth-order valence-corrected chi connectivity index (χ4v) is 1.68. The number of esters is 1. The number of ether oxygens (including phenoxy) is 1. The van der Waals surface area contributed by atoms with E-state index in [4.69, 9.17) is 4.74 Å². The molecule has 0 bridgehead atoms. The molecule has 0 aliphatic rings. The smallest absolute Gasteiger partial charge is 0.329 e. The molecule has 0 amide bonds. The molecule has 0 saturated heterocycles. The zero-order valence-electron chi connectivity index (χ0n) is 10.9. The standard InChI is InChI=1S/C13H19BrN2O2/c1-4-18-13(17)12(16-7-9(2)3)11-6-5-10(14)8-15-11/h5-6,8-9,12,16H,4,7H2,1-3H3. The lowest BCUT2D eigenvalue weighted by atomic mass is 10.1.